The van der Waals surface area contributed by atoms with Gasteiger partial charge in [-0.2, -0.15) is 9.97 Å². The number of ether oxygens (including phenoxy) is 1. The molecule has 1 aliphatic heterocycles. The summed E-state index contributed by atoms with van der Waals surface area (Å²) < 4.78 is 5.91. The Bertz CT molecular complexity index is 1180. The Morgan fingerprint density at radius 1 is 1.15 bits per heavy atom. The third kappa shape index (κ3) is 5.09. The Morgan fingerprint density at radius 2 is 2.06 bits per heavy atom. The Morgan fingerprint density at radius 3 is 2.88 bits per heavy atom. The lowest BCUT2D eigenvalue weighted by Crippen LogP contribution is -2.25. The summed E-state index contributed by atoms with van der Waals surface area (Å²) >= 11 is 0. The van der Waals surface area contributed by atoms with Crippen LogP contribution in [0.4, 0.5) is 23.3 Å². The molecule has 0 spiro atoms. The van der Waals surface area contributed by atoms with E-state index in [-0.39, 0.29) is 12.0 Å². The Labute approximate surface area is 198 Å². The molecule has 9 nitrogen and oxygen atoms in total. The molecule has 1 saturated carbocycles. The highest BCUT2D eigenvalue weighted by atomic mass is 16.5. The van der Waals surface area contributed by atoms with Crippen molar-refractivity contribution in [3.63, 3.8) is 0 Å². The van der Waals surface area contributed by atoms with Gasteiger partial charge in [0.1, 0.15) is 23.3 Å². The van der Waals surface area contributed by atoms with E-state index < -0.39 is 0 Å². The standard InChI is InChI=1S/C25H29N7O2/c1-2-27-24(33)20-15-28-25(29-18-10-9-16-11-12-26-14-17(16)13-18)32-23(20)31-21-7-4-8-22(30-21)34-19-5-3-6-19/h4,7-10,13,15,19,26H,2-3,5-6,11-12,14H2,1H3,(H,27,33)(H2,28,29,30,31,32). The predicted molar refractivity (Wildman–Crippen MR) is 131 cm³/mol. The second-order valence-electron chi connectivity index (χ2n) is 8.51. The van der Waals surface area contributed by atoms with Crippen molar-refractivity contribution in [2.45, 2.75) is 45.3 Å². The van der Waals surface area contributed by atoms with E-state index in [1.54, 1.807) is 0 Å². The molecule has 34 heavy (non-hydrogen) atoms. The number of aromatic nitrogens is 3. The molecule has 0 unspecified atom stereocenters. The van der Waals surface area contributed by atoms with E-state index in [4.69, 9.17) is 4.74 Å². The van der Waals surface area contributed by atoms with Crippen LogP contribution >= 0.6 is 0 Å². The van der Waals surface area contributed by atoms with Gasteiger partial charge in [0.25, 0.3) is 5.91 Å². The van der Waals surface area contributed by atoms with E-state index in [0.717, 1.165) is 38.0 Å². The van der Waals surface area contributed by atoms with Crippen molar-refractivity contribution in [2.75, 3.05) is 23.7 Å². The quantitative estimate of drug-likeness (QED) is 0.403. The number of hydrogen-bond donors (Lipinski definition) is 4. The highest BCUT2D eigenvalue weighted by Gasteiger charge is 2.20. The van der Waals surface area contributed by atoms with Crippen molar-refractivity contribution >= 4 is 29.2 Å². The fraction of sp³-hybridized carbons (Fsp3) is 0.360. The molecular formula is C25H29N7O2. The molecule has 0 radical (unpaired) electrons. The van der Waals surface area contributed by atoms with Crippen LogP contribution in [0.5, 0.6) is 5.88 Å². The second kappa shape index (κ2) is 10.0. The van der Waals surface area contributed by atoms with Gasteiger partial charge < -0.3 is 26.0 Å². The number of anilines is 4. The zero-order valence-corrected chi connectivity index (χ0v) is 19.2. The lowest BCUT2D eigenvalue weighted by molar-refractivity contribution is 0.0956. The highest BCUT2D eigenvalue weighted by Crippen LogP contribution is 2.27. The molecule has 0 bridgehead atoms. The van der Waals surface area contributed by atoms with Crippen LogP contribution in [-0.4, -0.2) is 40.1 Å². The van der Waals surface area contributed by atoms with Gasteiger partial charge in [-0.1, -0.05) is 12.1 Å². The minimum Gasteiger partial charge on any atom is -0.474 e. The van der Waals surface area contributed by atoms with Crippen molar-refractivity contribution in [3.05, 3.63) is 59.3 Å². The average molecular weight is 460 g/mol. The molecule has 2 aliphatic rings. The fourth-order valence-corrected chi connectivity index (χ4v) is 3.98. The monoisotopic (exact) mass is 459 g/mol. The molecule has 3 heterocycles. The topological polar surface area (TPSA) is 113 Å². The van der Waals surface area contributed by atoms with Gasteiger partial charge in [-0.15, -0.1) is 0 Å². The third-order valence-electron chi connectivity index (χ3n) is 6.03. The molecule has 176 valence electrons. The molecular weight excluding hydrogens is 430 g/mol. The molecule has 9 heteroatoms. The summed E-state index contributed by atoms with van der Waals surface area (Å²) in [5, 5.41) is 12.7. The van der Waals surface area contributed by atoms with Crippen molar-refractivity contribution in [1.82, 2.24) is 25.6 Å². The van der Waals surface area contributed by atoms with Crippen LogP contribution in [-0.2, 0) is 13.0 Å². The summed E-state index contributed by atoms with van der Waals surface area (Å²) in [6.07, 6.45) is 6.08. The van der Waals surface area contributed by atoms with Crippen LogP contribution in [0.1, 0.15) is 47.7 Å². The van der Waals surface area contributed by atoms with Crippen LogP contribution < -0.4 is 26.0 Å². The number of amides is 1. The first-order valence-corrected chi connectivity index (χ1v) is 11.8. The Hall–Kier alpha value is -3.72. The molecule has 3 aromatic rings. The number of nitrogens with one attached hydrogen (secondary N) is 4. The summed E-state index contributed by atoms with van der Waals surface area (Å²) in [6, 6.07) is 11.8. The van der Waals surface area contributed by atoms with Gasteiger partial charge in [-0.05, 0) is 68.5 Å². The van der Waals surface area contributed by atoms with Gasteiger partial charge in [0.15, 0.2) is 0 Å². The molecule has 1 amide bonds. The number of benzene rings is 1. The van der Waals surface area contributed by atoms with Crippen molar-refractivity contribution in [1.29, 1.82) is 0 Å². The predicted octanol–water partition coefficient (Wildman–Crippen LogP) is 3.69. The van der Waals surface area contributed by atoms with Gasteiger partial charge in [-0.3, -0.25) is 4.79 Å². The Balaban J connectivity index is 1.39. The molecule has 5 rings (SSSR count). The van der Waals surface area contributed by atoms with Crippen LogP contribution in [0.2, 0.25) is 0 Å². The van der Waals surface area contributed by atoms with Crippen molar-refractivity contribution in [2.24, 2.45) is 0 Å². The summed E-state index contributed by atoms with van der Waals surface area (Å²) in [5.41, 5.74) is 3.86. The number of pyridine rings is 1. The van der Waals surface area contributed by atoms with E-state index in [2.05, 4.69) is 48.4 Å². The summed E-state index contributed by atoms with van der Waals surface area (Å²) in [4.78, 5) is 26.2. The van der Waals surface area contributed by atoms with Crippen LogP contribution in [0.3, 0.4) is 0 Å². The SMILES string of the molecule is CCNC(=O)c1cnc(Nc2ccc3c(c2)CNCC3)nc1Nc1cccc(OC2CCC2)n1. The minimum absolute atomic E-state index is 0.232. The number of rotatable bonds is 8. The lowest BCUT2D eigenvalue weighted by atomic mass is 9.96. The third-order valence-corrected chi connectivity index (χ3v) is 6.03. The van der Waals surface area contributed by atoms with Gasteiger partial charge in [0.2, 0.25) is 11.8 Å². The largest absolute Gasteiger partial charge is 0.474 e. The van der Waals surface area contributed by atoms with E-state index >= 15 is 0 Å². The maximum atomic E-state index is 12.6. The van der Waals surface area contributed by atoms with Crippen molar-refractivity contribution in [3.8, 4) is 5.88 Å². The zero-order chi connectivity index (χ0) is 23.3. The molecule has 1 aromatic carbocycles. The zero-order valence-electron chi connectivity index (χ0n) is 19.2. The first kappa shape index (κ1) is 22.1. The molecule has 2 aromatic heterocycles. The van der Waals surface area contributed by atoms with Crippen LogP contribution in [0, 0.1) is 0 Å². The first-order valence-electron chi connectivity index (χ1n) is 11.8. The van der Waals surface area contributed by atoms with Gasteiger partial charge >= 0.3 is 0 Å². The lowest BCUT2D eigenvalue weighted by Gasteiger charge is -2.25. The maximum absolute atomic E-state index is 12.6. The maximum Gasteiger partial charge on any atom is 0.256 e. The highest BCUT2D eigenvalue weighted by molar-refractivity contribution is 5.99. The van der Waals surface area contributed by atoms with Gasteiger partial charge in [0, 0.05) is 31.0 Å². The molecule has 4 N–H and O–H groups in total. The average Bonchev–Trinajstić information content (AvgIpc) is 2.82. The minimum atomic E-state index is -0.252. The molecule has 0 saturated heterocycles. The second-order valence-corrected chi connectivity index (χ2v) is 8.51. The smallest absolute Gasteiger partial charge is 0.256 e. The van der Waals surface area contributed by atoms with E-state index in [1.807, 2.05) is 31.2 Å². The molecule has 1 aliphatic carbocycles. The normalized spacial score (nSPS) is 15.1. The van der Waals surface area contributed by atoms with Gasteiger partial charge in [0.05, 0.1) is 0 Å². The number of carbonyl (C=O) groups excluding carboxylic acids is 1. The summed E-state index contributed by atoms with van der Waals surface area (Å²) in [7, 11) is 0. The fourth-order valence-electron chi connectivity index (χ4n) is 3.98. The molecule has 1 fully saturated rings. The number of fused-ring (bicyclic) bond motifs is 1. The van der Waals surface area contributed by atoms with E-state index in [1.165, 1.54) is 23.7 Å². The number of carbonyl (C=O) groups is 1. The van der Waals surface area contributed by atoms with Crippen LogP contribution in [0.25, 0.3) is 0 Å². The Kier molecular flexibility index (Phi) is 6.53. The van der Waals surface area contributed by atoms with Gasteiger partial charge in [-0.25, -0.2) is 4.98 Å². The summed E-state index contributed by atoms with van der Waals surface area (Å²) in [5.74, 6) is 1.62. The van der Waals surface area contributed by atoms with E-state index in [0.29, 0.717) is 35.6 Å². The number of nitrogens with zero attached hydrogens (tertiary/aromatic N) is 3. The first-order chi connectivity index (χ1) is 16.7. The van der Waals surface area contributed by atoms with Crippen molar-refractivity contribution < 1.29 is 9.53 Å². The molecule has 0 atom stereocenters. The summed E-state index contributed by atoms with van der Waals surface area (Å²) in [6.45, 7) is 4.22. The number of hydrogen-bond acceptors (Lipinski definition) is 8. The van der Waals surface area contributed by atoms with Crippen LogP contribution in [0.15, 0.2) is 42.6 Å². The van der Waals surface area contributed by atoms with E-state index in [9.17, 15) is 4.79 Å².